The van der Waals surface area contributed by atoms with Gasteiger partial charge < -0.3 is 5.32 Å². The van der Waals surface area contributed by atoms with Crippen LogP contribution in [0.3, 0.4) is 0 Å². The third-order valence-corrected chi connectivity index (χ3v) is 5.41. The van der Waals surface area contributed by atoms with Crippen LogP contribution in [0.4, 0.5) is 0 Å². The van der Waals surface area contributed by atoms with Crippen molar-refractivity contribution in [3.63, 3.8) is 0 Å². The standard InChI is InChI=1S/C11H16ClN3O3S/c1-3-15-9(8(12)6-13-15)10(16)14-11(2)4-5-19(17,18)7-11/h6H,3-5,7H2,1-2H3,(H,14,16). The molecule has 1 atom stereocenters. The van der Waals surface area contributed by atoms with Crippen LogP contribution in [-0.4, -0.2) is 41.2 Å². The summed E-state index contributed by atoms with van der Waals surface area (Å²) in [5.41, 5.74) is -0.461. The summed E-state index contributed by atoms with van der Waals surface area (Å²) in [6.45, 7) is 4.10. The Hall–Kier alpha value is -1.08. The van der Waals surface area contributed by atoms with Gasteiger partial charge in [-0.05, 0) is 20.3 Å². The van der Waals surface area contributed by atoms with Crippen LogP contribution in [0, 0.1) is 0 Å². The molecule has 1 unspecified atom stereocenters. The smallest absolute Gasteiger partial charge is 0.271 e. The zero-order chi connectivity index (χ0) is 14.3. The number of aryl methyl sites for hydroxylation is 1. The zero-order valence-electron chi connectivity index (χ0n) is 10.8. The second-order valence-electron chi connectivity index (χ2n) is 5.01. The number of halogens is 1. The lowest BCUT2D eigenvalue weighted by Gasteiger charge is -2.24. The van der Waals surface area contributed by atoms with Gasteiger partial charge in [-0.3, -0.25) is 9.48 Å². The summed E-state index contributed by atoms with van der Waals surface area (Å²) >= 11 is 5.94. The molecule has 0 aliphatic carbocycles. The average molecular weight is 306 g/mol. The van der Waals surface area contributed by atoms with Crippen LogP contribution in [0.1, 0.15) is 30.8 Å². The fraction of sp³-hybridized carbons (Fsp3) is 0.636. The summed E-state index contributed by atoms with van der Waals surface area (Å²) in [5, 5.41) is 7.02. The Bertz CT molecular complexity index is 611. The number of nitrogens with zero attached hydrogens (tertiary/aromatic N) is 2. The summed E-state index contributed by atoms with van der Waals surface area (Å²) in [4.78, 5) is 12.2. The monoisotopic (exact) mass is 305 g/mol. The molecule has 1 aliphatic rings. The molecule has 1 amide bonds. The highest BCUT2D eigenvalue weighted by atomic mass is 35.5. The van der Waals surface area contributed by atoms with Gasteiger partial charge in [0.05, 0.1) is 28.3 Å². The van der Waals surface area contributed by atoms with Crippen LogP contribution in [0.15, 0.2) is 6.20 Å². The molecule has 2 rings (SSSR count). The first kappa shape index (κ1) is 14.3. The topological polar surface area (TPSA) is 81.1 Å². The van der Waals surface area contributed by atoms with E-state index >= 15 is 0 Å². The SMILES string of the molecule is CCn1ncc(Cl)c1C(=O)NC1(C)CCS(=O)(=O)C1. The average Bonchev–Trinajstić information content (AvgIpc) is 2.79. The van der Waals surface area contributed by atoms with Crippen LogP contribution in [-0.2, 0) is 16.4 Å². The van der Waals surface area contributed by atoms with E-state index in [0.29, 0.717) is 13.0 Å². The number of aromatic nitrogens is 2. The van der Waals surface area contributed by atoms with Crippen molar-refractivity contribution in [1.29, 1.82) is 0 Å². The van der Waals surface area contributed by atoms with Crippen LogP contribution in [0.2, 0.25) is 5.02 Å². The van der Waals surface area contributed by atoms with Gasteiger partial charge in [0, 0.05) is 6.54 Å². The molecule has 2 heterocycles. The molecule has 19 heavy (non-hydrogen) atoms. The maximum Gasteiger partial charge on any atom is 0.271 e. The Morgan fingerprint density at radius 2 is 2.32 bits per heavy atom. The maximum atomic E-state index is 12.2. The molecule has 0 saturated carbocycles. The molecule has 8 heteroatoms. The van der Waals surface area contributed by atoms with Crippen molar-refractivity contribution in [2.24, 2.45) is 0 Å². The summed E-state index contributed by atoms with van der Waals surface area (Å²) in [6, 6.07) is 0. The molecule has 1 aromatic rings. The van der Waals surface area contributed by atoms with Gasteiger partial charge in [0.1, 0.15) is 5.69 Å². The van der Waals surface area contributed by atoms with Gasteiger partial charge in [-0.25, -0.2) is 8.42 Å². The van der Waals surface area contributed by atoms with Crippen LogP contribution >= 0.6 is 11.6 Å². The van der Waals surface area contributed by atoms with Crippen molar-refractivity contribution in [3.05, 3.63) is 16.9 Å². The predicted molar refractivity (Wildman–Crippen MR) is 72.1 cm³/mol. The van der Waals surface area contributed by atoms with Crippen molar-refractivity contribution >= 4 is 27.3 Å². The molecular formula is C11H16ClN3O3S. The summed E-state index contributed by atoms with van der Waals surface area (Å²) in [5.74, 6) is -0.322. The fourth-order valence-electron chi connectivity index (χ4n) is 2.27. The Kier molecular flexibility index (Phi) is 3.61. The minimum absolute atomic E-state index is 0.0381. The predicted octanol–water partition coefficient (Wildman–Crippen LogP) is 0.863. The highest BCUT2D eigenvalue weighted by Gasteiger charge is 2.40. The molecule has 0 radical (unpaired) electrons. The van der Waals surface area contributed by atoms with E-state index in [4.69, 9.17) is 11.6 Å². The number of sulfone groups is 1. The second-order valence-corrected chi connectivity index (χ2v) is 7.60. The van der Waals surface area contributed by atoms with Gasteiger partial charge in [-0.15, -0.1) is 0 Å². The highest BCUT2D eigenvalue weighted by molar-refractivity contribution is 7.91. The van der Waals surface area contributed by atoms with Crippen molar-refractivity contribution in [2.45, 2.75) is 32.4 Å². The molecule has 106 valence electrons. The van der Waals surface area contributed by atoms with Gasteiger partial charge in [0.25, 0.3) is 5.91 Å². The third-order valence-electron chi connectivity index (χ3n) is 3.23. The lowest BCUT2D eigenvalue weighted by molar-refractivity contribution is 0.0904. The Morgan fingerprint density at radius 3 is 2.84 bits per heavy atom. The second kappa shape index (κ2) is 4.79. The lowest BCUT2D eigenvalue weighted by Crippen LogP contribution is -2.47. The van der Waals surface area contributed by atoms with Crippen molar-refractivity contribution in [1.82, 2.24) is 15.1 Å². The molecule has 1 aromatic heterocycles. The Balaban J connectivity index is 2.20. The summed E-state index contributed by atoms with van der Waals surface area (Å²) in [7, 11) is -3.06. The van der Waals surface area contributed by atoms with Gasteiger partial charge in [0.15, 0.2) is 9.84 Å². The van der Waals surface area contributed by atoms with E-state index in [1.165, 1.54) is 10.9 Å². The van der Waals surface area contributed by atoms with E-state index in [2.05, 4.69) is 10.4 Å². The number of carbonyl (C=O) groups is 1. The van der Waals surface area contributed by atoms with E-state index in [1.807, 2.05) is 6.92 Å². The fourth-order valence-corrected chi connectivity index (χ4v) is 4.59. The number of hydrogen-bond donors (Lipinski definition) is 1. The van der Waals surface area contributed by atoms with E-state index in [-0.39, 0.29) is 28.1 Å². The van der Waals surface area contributed by atoms with E-state index in [0.717, 1.165) is 0 Å². The number of nitrogens with one attached hydrogen (secondary N) is 1. The van der Waals surface area contributed by atoms with Crippen molar-refractivity contribution in [2.75, 3.05) is 11.5 Å². The lowest BCUT2D eigenvalue weighted by atomic mass is 10.0. The first-order valence-corrected chi connectivity index (χ1v) is 8.20. The Morgan fingerprint density at radius 1 is 1.63 bits per heavy atom. The minimum Gasteiger partial charge on any atom is -0.344 e. The normalized spacial score (nSPS) is 25.4. The van der Waals surface area contributed by atoms with E-state index < -0.39 is 15.4 Å². The number of rotatable bonds is 3. The zero-order valence-corrected chi connectivity index (χ0v) is 12.4. The van der Waals surface area contributed by atoms with Crippen LogP contribution in [0.25, 0.3) is 0 Å². The van der Waals surface area contributed by atoms with Crippen LogP contribution in [0.5, 0.6) is 0 Å². The molecule has 0 spiro atoms. The maximum absolute atomic E-state index is 12.2. The first-order chi connectivity index (χ1) is 8.76. The number of hydrogen-bond acceptors (Lipinski definition) is 4. The van der Waals surface area contributed by atoms with E-state index in [1.54, 1.807) is 6.92 Å². The molecule has 1 fully saturated rings. The molecule has 0 bridgehead atoms. The van der Waals surface area contributed by atoms with Gasteiger partial charge in [-0.1, -0.05) is 11.6 Å². The summed E-state index contributed by atoms with van der Waals surface area (Å²) in [6.07, 6.45) is 1.83. The largest absolute Gasteiger partial charge is 0.344 e. The van der Waals surface area contributed by atoms with Gasteiger partial charge in [-0.2, -0.15) is 5.10 Å². The molecule has 1 saturated heterocycles. The molecule has 1 N–H and O–H groups in total. The molecule has 1 aliphatic heterocycles. The summed E-state index contributed by atoms with van der Waals surface area (Å²) < 4.78 is 24.5. The van der Waals surface area contributed by atoms with E-state index in [9.17, 15) is 13.2 Å². The van der Waals surface area contributed by atoms with Crippen LogP contribution < -0.4 is 5.32 Å². The van der Waals surface area contributed by atoms with Crippen molar-refractivity contribution < 1.29 is 13.2 Å². The molecule has 6 nitrogen and oxygen atoms in total. The molecule has 0 aromatic carbocycles. The molecular weight excluding hydrogens is 290 g/mol. The quantitative estimate of drug-likeness (QED) is 0.898. The number of amides is 1. The highest BCUT2D eigenvalue weighted by Crippen LogP contribution is 2.24. The van der Waals surface area contributed by atoms with Gasteiger partial charge in [0.2, 0.25) is 0 Å². The minimum atomic E-state index is -3.06. The van der Waals surface area contributed by atoms with Crippen molar-refractivity contribution in [3.8, 4) is 0 Å². The van der Waals surface area contributed by atoms with Gasteiger partial charge >= 0.3 is 0 Å². The third kappa shape index (κ3) is 2.92. The first-order valence-electron chi connectivity index (χ1n) is 6.00. The Labute approximate surface area is 117 Å². The number of carbonyl (C=O) groups excluding carboxylic acids is 1.